The predicted octanol–water partition coefficient (Wildman–Crippen LogP) is 3.37. The van der Waals surface area contributed by atoms with Crippen molar-refractivity contribution in [1.29, 1.82) is 0 Å². The van der Waals surface area contributed by atoms with E-state index in [0.29, 0.717) is 5.92 Å². The third-order valence-electron chi connectivity index (χ3n) is 3.76. The number of hydrogen-bond donors (Lipinski definition) is 0. The van der Waals surface area contributed by atoms with Crippen molar-refractivity contribution in [2.24, 2.45) is 11.8 Å². The second-order valence-electron chi connectivity index (χ2n) is 5.33. The molecule has 0 N–H and O–H groups in total. The van der Waals surface area contributed by atoms with E-state index >= 15 is 0 Å². The summed E-state index contributed by atoms with van der Waals surface area (Å²) in [6, 6.07) is 13.6. The van der Waals surface area contributed by atoms with Gasteiger partial charge in [0.2, 0.25) is 0 Å². The van der Waals surface area contributed by atoms with E-state index in [-0.39, 0.29) is 18.0 Å². The van der Waals surface area contributed by atoms with Crippen LogP contribution in [0.25, 0.3) is 0 Å². The molecular formula is C17H17NO2. The van der Waals surface area contributed by atoms with Crippen molar-refractivity contribution in [2.75, 3.05) is 0 Å². The fraction of sp³-hybridized carbons (Fsp3) is 0.294. The Bertz CT molecular complexity index is 543. The maximum absolute atomic E-state index is 12.1. The molecule has 3 heteroatoms. The topological polar surface area (TPSA) is 39.2 Å². The van der Waals surface area contributed by atoms with E-state index in [9.17, 15) is 4.79 Å². The van der Waals surface area contributed by atoms with E-state index in [2.05, 4.69) is 11.9 Å². The molecule has 0 spiro atoms. The number of carbonyl (C=O) groups is 1. The summed E-state index contributed by atoms with van der Waals surface area (Å²) >= 11 is 0. The molecular weight excluding hydrogens is 250 g/mol. The molecule has 0 amide bonds. The van der Waals surface area contributed by atoms with Crippen molar-refractivity contribution in [3.63, 3.8) is 0 Å². The van der Waals surface area contributed by atoms with Crippen molar-refractivity contribution >= 4 is 5.97 Å². The minimum Gasteiger partial charge on any atom is -0.452 e. The van der Waals surface area contributed by atoms with Crippen LogP contribution in [-0.4, -0.2) is 11.0 Å². The van der Waals surface area contributed by atoms with Gasteiger partial charge in [-0.15, -0.1) is 0 Å². The van der Waals surface area contributed by atoms with Gasteiger partial charge in [0, 0.05) is 18.0 Å². The Morgan fingerprint density at radius 2 is 1.75 bits per heavy atom. The molecule has 1 fully saturated rings. The highest BCUT2D eigenvalue weighted by molar-refractivity contribution is 5.76. The standard InChI is InChI=1S/C17H17NO2/c1-12-11-15(12)17(19)20-16(13-5-3-2-4-6-13)14-7-9-18-10-8-14/h2-10,12,15-16H,11H2,1H3/t12-,15+,16-/m1/s1. The SMILES string of the molecule is C[C@@H]1C[C@@H]1C(=O)O[C@H](c1ccccc1)c1ccncc1. The molecule has 1 saturated carbocycles. The number of pyridine rings is 1. The van der Waals surface area contributed by atoms with Crippen molar-refractivity contribution in [2.45, 2.75) is 19.4 Å². The van der Waals surface area contributed by atoms with E-state index in [4.69, 9.17) is 4.74 Å². The fourth-order valence-corrected chi connectivity index (χ4v) is 2.35. The molecule has 0 saturated heterocycles. The third-order valence-corrected chi connectivity index (χ3v) is 3.76. The fourth-order valence-electron chi connectivity index (χ4n) is 2.35. The van der Waals surface area contributed by atoms with Gasteiger partial charge in [0.1, 0.15) is 0 Å². The Labute approximate surface area is 118 Å². The summed E-state index contributed by atoms with van der Waals surface area (Å²) < 4.78 is 5.75. The first-order valence-electron chi connectivity index (χ1n) is 6.91. The maximum atomic E-state index is 12.1. The minimum absolute atomic E-state index is 0.0723. The smallest absolute Gasteiger partial charge is 0.310 e. The highest BCUT2D eigenvalue weighted by Crippen LogP contribution is 2.40. The van der Waals surface area contributed by atoms with E-state index < -0.39 is 0 Å². The summed E-state index contributed by atoms with van der Waals surface area (Å²) in [5.74, 6) is 0.433. The number of nitrogens with zero attached hydrogens (tertiary/aromatic N) is 1. The first kappa shape index (κ1) is 12.9. The molecule has 3 rings (SSSR count). The van der Waals surface area contributed by atoms with Gasteiger partial charge >= 0.3 is 5.97 Å². The number of ether oxygens (including phenoxy) is 1. The Morgan fingerprint density at radius 1 is 1.15 bits per heavy atom. The summed E-state index contributed by atoms with van der Waals surface area (Å²) in [5, 5.41) is 0. The van der Waals surface area contributed by atoms with Crippen LogP contribution >= 0.6 is 0 Å². The Morgan fingerprint density at radius 3 is 2.35 bits per heavy atom. The second-order valence-corrected chi connectivity index (χ2v) is 5.33. The highest BCUT2D eigenvalue weighted by atomic mass is 16.5. The number of hydrogen-bond acceptors (Lipinski definition) is 3. The lowest BCUT2D eigenvalue weighted by molar-refractivity contribution is -0.149. The molecule has 2 aromatic rings. The summed E-state index contributed by atoms with van der Waals surface area (Å²) in [4.78, 5) is 16.2. The van der Waals surface area contributed by atoms with Crippen LogP contribution in [0.3, 0.4) is 0 Å². The second kappa shape index (κ2) is 5.45. The van der Waals surface area contributed by atoms with E-state index in [1.54, 1.807) is 12.4 Å². The van der Waals surface area contributed by atoms with Crippen LogP contribution in [0.4, 0.5) is 0 Å². The zero-order valence-corrected chi connectivity index (χ0v) is 11.4. The molecule has 0 unspecified atom stereocenters. The molecule has 0 aliphatic heterocycles. The van der Waals surface area contributed by atoms with Crippen LogP contribution in [-0.2, 0) is 9.53 Å². The van der Waals surface area contributed by atoms with Gasteiger partial charge in [-0.05, 0) is 30.0 Å². The lowest BCUT2D eigenvalue weighted by Gasteiger charge is -2.18. The zero-order chi connectivity index (χ0) is 13.9. The van der Waals surface area contributed by atoms with Gasteiger partial charge in [0.25, 0.3) is 0 Å². The quantitative estimate of drug-likeness (QED) is 0.797. The van der Waals surface area contributed by atoms with Crippen molar-refractivity contribution in [3.8, 4) is 0 Å². The first-order valence-corrected chi connectivity index (χ1v) is 6.91. The molecule has 1 aliphatic carbocycles. The molecule has 1 aliphatic rings. The summed E-state index contributed by atoms with van der Waals surface area (Å²) in [5.41, 5.74) is 1.94. The van der Waals surface area contributed by atoms with Gasteiger partial charge in [-0.2, -0.15) is 0 Å². The Kier molecular flexibility index (Phi) is 3.50. The maximum Gasteiger partial charge on any atom is 0.310 e. The number of carbonyl (C=O) groups excluding carboxylic acids is 1. The molecule has 1 heterocycles. The van der Waals surface area contributed by atoms with Gasteiger partial charge < -0.3 is 4.74 Å². The van der Waals surface area contributed by atoms with Gasteiger partial charge in [-0.1, -0.05) is 37.3 Å². The van der Waals surface area contributed by atoms with Gasteiger partial charge in [-0.25, -0.2) is 0 Å². The highest BCUT2D eigenvalue weighted by Gasteiger charge is 2.41. The average molecular weight is 267 g/mol. The summed E-state index contributed by atoms with van der Waals surface area (Å²) in [6.45, 7) is 2.08. The number of aromatic nitrogens is 1. The van der Waals surface area contributed by atoms with E-state index in [1.165, 1.54) is 0 Å². The molecule has 20 heavy (non-hydrogen) atoms. The molecule has 3 atom stereocenters. The van der Waals surface area contributed by atoms with Gasteiger partial charge in [0.05, 0.1) is 5.92 Å². The normalized spacial score (nSPS) is 22.1. The monoisotopic (exact) mass is 267 g/mol. The van der Waals surface area contributed by atoms with Crippen molar-refractivity contribution in [3.05, 3.63) is 66.0 Å². The molecule has 1 aromatic heterocycles. The lowest BCUT2D eigenvalue weighted by Crippen LogP contribution is -2.14. The van der Waals surface area contributed by atoms with Crippen LogP contribution in [0.5, 0.6) is 0 Å². The van der Waals surface area contributed by atoms with E-state index in [0.717, 1.165) is 17.5 Å². The molecule has 0 radical (unpaired) electrons. The molecule has 1 aromatic carbocycles. The number of rotatable bonds is 4. The number of esters is 1. The van der Waals surface area contributed by atoms with Gasteiger partial charge in [0.15, 0.2) is 6.10 Å². The van der Waals surface area contributed by atoms with E-state index in [1.807, 2.05) is 42.5 Å². The lowest BCUT2D eigenvalue weighted by atomic mass is 10.0. The minimum atomic E-state index is -0.348. The average Bonchev–Trinajstić information content (AvgIpc) is 3.23. The van der Waals surface area contributed by atoms with Crippen LogP contribution in [0.15, 0.2) is 54.9 Å². The Balaban J connectivity index is 1.86. The predicted molar refractivity (Wildman–Crippen MR) is 75.9 cm³/mol. The number of benzene rings is 1. The summed E-state index contributed by atoms with van der Waals surface area (Å²) in [7, 11) is 0. The van der Waals surface area contributed by atoms with Crippen LogP contribution < -0.4 is 0 Å². The first-order chi connectivity index (χ1) is 9.75. The van der Waals surface area contributed by atoms with Crippen molar-refractivity contribution < 1.29 is 9.53 Å². The van der Waals surface area contributed by atoms with Crippen molar-refractivity contribution in [1.82, 2.24) is 4.98 Å². The van der Waals surface area contributed by atoms with Gasteiger partial charge in [-0.3, -0.25) is 9.78 Å². The molecule has 0 bridgehead atoms. The zero-order valence-electron chi connectivity index (χ0n) is 11.4. The molecule has 102 valence electrons. The largest absolute Gasteiger partial charge is 0.452 e. The molecule has 3 nitrogen and oxygen atoms in total. The summed E-state index contributed by atoms with van der Waals surface area (Å²) in [6.07, 6.45) is 4.04. The Hall–Kier alpha value is -2.16. The van der Waals surface area contributed by atoms with Crippen LogP contribution in [0.1, 0.15) is 30.6 Å². The third kappa shape index (κ3) is 2.72. The van der Waals surface area contributed by atoms with Crippen LogP contribution in [0, 0.1) is 11.8 Å². The van der Waals surface area contributed by atoms with Crippen LogP contribution in [0.2, 0.25) is 0 Å².